The number of pyridine rings is 1. The molecule has 0 aliphatic rings. The van der Waals surface area contributed by atoms with Gasteiger partial charge in [-0.2, -0.15) is 0 Å². The number of benzene rings is 2. The van der Waals surface area contributed by atoms with Crippen molar-refractivity contribution in [2.24, 2.45) is 0 Å². The normalized spacial score (nSPS) is 11.5. The first-order valence-corrected chi connectivity index (χ1v) is 9.68. The van der Waals surface area contributed by atoms with Gasteiger partial charge in [-0.05, 0) is 36.6 Å². The van der Waals surface area contributed by atoms with E-state index in [1.165, 1.54) is 18.2 Å². The molecule has 2 aromatic carbocycles. The Labute approximate surface area is 179 Å². The number of nitro benzene ring substituents is 1. The molecule has 1 heterocycles. The summed E-state index contributed by atoms with van der Waals surface area (Å²) in [6.45, 7) is 2.12. The number of rotatable bonds is 10. The van der Waals surface area contributed by atoms with Crippen LogP contribution in [0.25, 0.3) is 0 Å². The lowest BCUT2D eigenvalue weighted by Gasteiger charge is -2.21. The number of carboxylic acids is 1. The lowest BCUT2D eigenvalue weighted by atomic mass is 9.99. The zero-order valence-electron chi connectivity index (χ0n) is 16.9. The van der Waals surface area contributed by atoms with Gasteiger partial charge in [-0.3, -0.25) is 19.9 Å². The van der Waals surface area contributed by atoms with Gasteiger partial charge in [-0.25, -0.2) is 0 Å². The predicted octanol–water partition coefficient (Wildman–Crippen LogP) is 4.86. The Kier molecular flexibility index (Phi) is 7.16. The highest BCUT2D eigenvalue weighted by Gasteiger charge is 2.23. The molecule has 8 heteroatoms. The Bertz CT molecular complexity index is 1050. The van der Waals surface area contributed by atoms with Gasteiger partial charge >= 0.3 is 11.7 Å². The SMILES string of the molecule is Cc1ccccc1C(CCC(=O)O)Oc1cc(OCc2cccnc2)ccc1[N+](=O)[O-]. The van der Waals surface area contributed by atoms with Gasteiger partial charge in [-0.15, -0.1) is 0 Å². The highest BCUT2D eigenvalue weighted by molar-refractivity contribution is 5.66. The van der Waals surface area contributed by atoms with Crippen molar-refractivity contribution in [2.75, 3.05) is 0 Å². The molecule has 0 spiro atoms. The van der Waals surface area contributed by atoms with E-state index in [9.17, 15) is 14.9 Å². The van der Waals surface area contributed by atoms with Crippen LogP contribution in [0, 0.1) is 17.0 Å². The summed E-state index contributed by atoms with van der Waals surface area (Å²) >= 11 is 0. The molecular weight excluding hydrogens is 400 g/mol. The van der Waals surface area contributed by atoms with Gasteiger partial charge in [0.05, 0.1) is 4.92 Å². The second kappa shape index (κ2) is 10.2. The molecule has 8 nitrogen and oxygen atoms in total. The topological polar surface area (TPSA) is 112 Å². The van der Waals surface area contributed by atoms with Crippen molar-refractivity contribution in [1.82, 2.24) is 4.98 Å². The number of hydrogen-bond acceptors (Lipinski definition) is 6. The molecule has 160 valence electrons. The summed E-state index contributed by atoms with van der Waals surface area (Å²) in [6.07, 6.45) is 2.69. The molecule has 1 aromatic heterocycles. The molecule has 1 atom stereocenters. The number of aromatic nitrogens is 1. The van der Waals surface area contributed by atoms with Gasteiger partial charge in [-0.1, -0.05) is 30.3 Å². The summed E-state index contributed by atoms with van der Waals surface area (Å²) in [7, 11) is 0. The van der Waals surface area contributed by atoms with E-state index < -0.39 is 17.0 Å². The number of nitrogens with zero attached hydrogens (tertiary/aromatic N) is 2. The first kappa shape index (κ1) is 21.8. The van der Waals surface area contributed by atoms with Gasteiger partial charge in [0.2, 0.25) is 5.75 Å². The minimum atomic E-state index is -0.967. The fourth-order valence-corrected chi connectivity index (χ4v) is 3.11. The first-order chi connectivity index (χ1) is 14.9. The highest BCUT2D eigenvalue weighted by atomic mass is 16.6. The molecule has 0 aliphatic carbocycles. The fourth-order valence-electron chi connectivity index (χ4n) is 3.11. The maximum Gasteiger partial charge on any atom is 0.311 e. The van der Waals surface area contributed by atoms with Crippen LogP contribution in [-0.2, 0) is 11.4 Å². The Morgan fingerprint density at radius 2 is 2.00 bits per heavy atom. The van der Waals surface area contributed by atoms with Crippen LogP contribution >= 0.6 is 0 Å². The summed E-state index contributed by atoms with van der Waals surface area (Å²) in [4.78, 5) is 26.2. The zero-order chi connectivity index (χ0) is 22.2. The molecule has 0 amide bonds. The second-order valence-electron chi connectivity index (χ2n) is 6.93. The minimum Gasteiger partial charge on any atom is -0.489 e. The number of carboxylic acid groups (broad SMARTS) is 1. The van der Waals surface area contributed by atoms with Crippen LogP contribution in [0.3, 0.4) is 0 Å². The monoisotopic (exact) mass is 422 g/mol. The molecule has 0 saturated heterocycles. The molecule has 3 rings (SSSR count). The third-order valence-corrected chi connectivity index (χ3v) is 4.68. The number of nitro groups is 1. The maximum atomic E-state index is 11.5. The van der Waals surface area contributed by atoms with E-state index in [1.807, 2.05) is 37.3 Å². The zero-order valence-corrected chi connectivity index (χ0v) is 16.9. The van der Waals surface area contributed by atoms with E-state index in [-0.39, 0.29) is 30.9 Å². The van der Waals surface area contributed by atoms with Crippen molar-refractivity contribution in [3.63, 3.8) is 0 Å². The number of carbonyl (C=O) groups is 1. The smallest absolute Gasteiger partial charge is 0.311 e. The standard InChI is InChI=1S/C23H22N2O6/c1-16-5-2-3-7-19(16)21(10-11-23(26)27)31-22-13-18(8-9-20(22)25(28)29)30-15-17-6-4-12-24-14-17/h2-9,12-14,21H,10-11,15H2,1H3,(H,26,27). The van der Waals surface area contributed by atoms with Gasteiger partial charge in [0, 0.05) is 36.5 Å². The van der Waals surface area contributed by atoms with Gasteiger partial charge in [0.1, 0.15) is 18.5 Å². The van der Waals surface area contributed by atoms with E-state index in [0.717, 1.165) is 16.7 Å². The lowest BCUT2D eigenvalue weighted by molar-refractivity contribution is -0.386. The van der Waals surface area contributed by atoms with Crippen LogP contribution in [0.2, 0.25) is 0 Å². The van der Waals surface area contributed by atoms with E-state index in [4.69, 9.17) is 14.6 Å². The summed E-state index contributed by atoms with van der Waals surface area (Å²) in [5.74, 6) is -0.552. The van der Waals surface area contributed by atoms with Crippen LogP contribution in [-0.4, -0.2) is 21.0 Å². The highest BCUT2D eigenvalue weighted by Crippen LogP contribution is 2.36. The number of aryl methyl sites for hydroxylation is 1. The van der Waals surface area contributed by atoms with Crippen molar-refractivity contribution in [3.05, 3.63) is 93.8 Å². The third kappa shape index (κ3) is 6.02. The Balaban J connectivity index is 1.88. The number of aliphatic carboxylic acids is 1. The molecule has 0 bridgehead atoms. The van der Waals surface area contributed by atoms with Crippen LogP contribution < -0.4 is 9.47 Å². The van der Waals surface area contributed by atoms with Crippen LogP contribution in [0.4, 0.5) is 5.69 Å². The average Bonchev–Trinajstić information content (AvgIpc) is 2.76. The van der Waals surface area contributed by atoms with Crippen molar-refractivity contribution < 1.29 is 24.3 Å². The molecule has 1 N–H and O–H groups in total. The van der Waals surface area contributed by atoms with Crippen molar-refractivity contribution in [3.8, 4) is 11.5 Å². The Morgan fingerprint density at radius 1 is 1.19 bits per heavy atom. The quantitative estimate of drug-likeness (QED) is 0.367. The fraction of sp³-hybridized carbons (Fsp3) is 0.217. The van der Waals surface area contributed by atoms with Gasteiger partial charge in [0.25, 0.3) is 0 Å². The molecule has 0 fully saturated rings. The van der Waals surface area contributed by atoms with Crippen LogP contribution in [0.1, 0.15) is 35.6 Å². The van der Waals surface area contributed by atoms with Gasteiger partial charge in [0.15, 0.2) is 0 Å². The van der Waals surface area contributed by atoms with Crippen LogP contribution in [0.15, 0.2) is 67.0 Å². The predicted molar refractivity (Wildman–Crippen MR) is 113 cm³/mol. The van der Waals surface area contributed by atoms with E-state index in [1.54, 1.807) is 18.5 Å². The maximum absolute atomic E-state index is 11.5. The summed E-state index contributed by atoms with van der Waals surface area (Å²) < 4.78 is 11.8. The third-order valence-electron chi connectivity index (χ3n) is 4.68. The van der Waals surface area contributed by atoms with E-state index in [0.29, 0.717) is 5.75 Å². The van der Waals surface area contributed by atoms with Gasteiger partial charge < -0.3 is 14.6 Å². The minimum absolute atomic E-state index is 0.0207. The molecule has 0 aliphatic heterocycles. The van der Waals surface area contributed by atoms with Crippen LogP contribution in [0.5, 0.6) is 11.5 Å². The molecule has 1 unspecified atom stereocenters. The second-order valence-corrected chi connectivity index (χ2v) is 6.93. The lowest BCUT2D eigenvalue weighted by Crippen LogP contribution is -2.12. The largest absolute Gasteiger partial charge is 0.489 e. The van der Waals surface area contributed by atoms with Crippen molar-refractivity contribution in [1.29, 1.82) is 0 Å². The van der Waals surface area contributed by atoms with Crippen molar-refractivity contribution >= 4 is 11.7 Å². The average molecular weight is 422 g/mol. The summed E-state index contributed by atoms with van der Waals surface area (Å²) in [5, 5.41) is 20.7. The number of ether oxygens (including phenoxy) is 2. The van der Waals surface area contributed by atoms with E-state index in [2.05, 4.69) is 4.98 Å². The number of hydrogen-bond donors (Lipinski definition) is 1. The molecule has 3 aromatic rings. The molecule has 31 heavy (non-hydrogen) atoms. The molecule has 0 radical (unpaired) electrons. The molecule has 0 saturated carbocycles. The summed E-state index contributed by atoms with van der Waals surface area (Å²) in [5.41, 5.74) is 2.31. The Hall–Kier alpha value is -3.94. The first-order valence-electron chi connectivity index (χ1n) is 9.68. The summed E-state index contributed by atoms with van der Waals surface area (Å²) in [6, 6.07) is 15.3. The van der Waals surface area contributed by atoms with E-state index >= 15 is 0 Å². The van der Waals surface area contributed by atoms with Crippen molar-refractivity contribution in [2.45, 2.75) is 32.5 Å². The Morgan fingerprint density at radius 3 is 2.68 bits per heavy atom. The molecular formula is C23H22N2O6.